The number of carbonyl (C=O) groups is 1. The lowest BCUT2D eigenvalue weighted by molar-refractivity contribution is 0.0684. The van der Waals surface area contributed by atoms with Gasteiger partial charge in [-0.25, -0.2) is 4.68 Å². The van der Waals surface area contributed by atoms with Crippen molar-refractivity contribution in [2.75, 3.05) is 6.54 Å². The van der Waals surface area contributed by atoms with Gasteiger partial charge in [-0.3, -0.25) is 4.79 Å². The van der Waals surface area contributed by atoms with E-state index < -0.39 is 0 Å². The Labute approximate surface area is 185 Å². The maximum atomic E-state index is 13.5. The normalized spacial score (nSPS) is 12.0. The maximum absolute atomic E-state index is 13.5. The summed E-state index contributed by atoms with van der Waals surface area (Å²) in [6.07, 6.45) is 5.02. The summed E-state index contributed by atoms with van der Waals surface area (Å²) in [5, 5.41) is 26.3. The Bertz CT molecular complexity index is 1200. The zero-order valence-corrected chi connectivity index (χ0v) is 18.3. The topological polar surface area (TPSA) is 102 Å². The van der Waals surface area contributed by atoms with E-state index in [2.05, 4.69) is 20.5 Å². The van der Waals surface area contributed by atoms with E-state index in [9.17, 15) is 9.90 Å². The maximum Gasteiger partial charge on any atom is 0.256 e. The van der Waals surface area contributed by atoms with E-state index in [1.807, 2.05) is 50.1 Å². The second-order valence-corrected chi connectivity index (χ2v) is 7.65. The Morgan fingerprint density at radius 2 is 1.84 bits per heavy atom. The summed E-state index contributed by atoms with van der Waals surface area (Å²) in [6, 6.07) is 12.4. The number of hydrogen-bond donors (Lipinski definition) is 1. The lowest BCUT2D eigenvalue weighted by atomic mass is 10.1. The fourth-order valence-corrected chi connectivity index (χ4v) is 3.67. The van der Waals surface area contributed by atoms with Crippen LogP contribution in [-0.2, 0) is 6.54 Å². The molecule has 32 heavy (non-hydrogen) atoms. The van der Waals surface area contributed by atoms with Gasteiger partial charge >= 0.3 is 0 Å². The highest BCUT2D eigenvalue weighted by atomic mass is 16.3. The molecule has 164 valence electrons. The van der Waals surface area contributed by atoms with E-state index in [0.717, 1.165) is 11.1 Å². The third-order valence-electron chi connectivity index (χ3n) is 5.30. The number of nitrogens with zero attached hydrogens (tertiary/aromatic N) is 7. The fourth-order valence-electron chi connectivity index (χ4n) is 3.67. The number of hydrogen-bond acceptors (Lipinski definition) is 6. The summed E-state index contributed by atoms with van der Waals surface area (Å²) >= 11 is 0. The minimum absolute atomic E-state index is 0.0881. The molecule has 4 rings (SSSR count). The molecule has 0 unspecified atom stereocenters. The van der Waals surface area contributed by atoms with Crippen LogP contribution in [0.15, 0.2) is 61.1 Å². The van der Waals surface area contributed by atoms with Gasteiger partial charge in [-0.05, 0) is 57.2 Å². The molecule has 0 fully saturated rings. The number of phenolic OH excluding ortho intramolecular Hbond substituents is 1. The van der Waals surface area contributed by atoms with Gasteiger partial charge in [0.15, 0.2) is 0 Å². The van der Waals surface area contributed by atoms with E-state index in [0.29, 0.717) is 30.0 Å². The molecule has 9 nitrogen and oxygen atoms in total. The molecule has 0 aliphatic rings. The predicted octanol–water partition coefficient (Wildman–Crippen LogP) is 3.09. The van der Waals surface area contributed by atoms with E-state index in [1.165, 1.54) is 4.80 Å². The van der Waals surface area contributed by atoms with Crippen LogP contribution < -0.4 is 0 Å². The smallest absolute Gasteiger partial charge is 0.256 e. The van der Waals surface area contributed by atoms with Crippen LogP contribution >= 0.6 is 0 Å². The third-order valence-corrected chi connectivity index (χ3v) is 5.30. The Morgan fingerprint density at radius 1 is 1.12 bits per heavy atom. The van der Waals surface area contributed by atoms with E-state index in [4.69, 9.17) is 0 Å². The molecule has 2 aromatic carbocycles. The van der Waals surface area contributed by atoms with Crippen molar-refractivity contribution in [3.8, 4) is 22.7 Å². The largest absolute Gasteiger partial charge is 0.508 e. The van der Waals surface area contributed by atoms with E-state index in [1.54, 1.807) is 41.3 Å². The number of aryl methyl sites for hydroxylation is 1. The first-order chi connectivity index (χ1) is 15.5. The van der Waals surface area contributed by atoms with Gasteiger partial charge in [-0.2, -0.15) is 15.0 Å². The lowest BCUT2D eigenvalue weighted by Gasteiger charge is -2.28. The quantitative estimate of drug-likeness (QED) is 0.482. The average molecular weight is 432 g/mol. The van der Waals surface area contributed by atoms with Gasteiger partial charge in [0.2, 0.25) is 0 Å². The zero-order chi connectivity index (χ0) is 22.7. The SMILES string of the molecule is CCN(C(=O)c1cc(C)ccc1-n1nccn1)[C@@H](C)Cn1cc(-c2ccc(O)cc2)nn1. The van der Waals surface area contributed by atoms with Crippen LogP contribution in [0.2, 0.25) is 0 Å². The first kappa shape index (κ1) is 21.2. The summed E-state index contributed by atoms with van der Waals surface area (Å²) in [7, 11) is 0. The fraction of sp³-hybridized carbons (Fsp3) is 0.261. The van der Waals surface area contributed by atoms with Crippen molar-refractivity contribution >= 4 is 5.91 Å². The summed E-state index contributed by atoms with van der Waals surface area (Å²) in [5.74, 6) is 0.113. The van der Waals surface area contributed by atoms with Crippen molar-refractivity contribution in [2.45, 2.75) is 33.4 Å². The Kier molecular flexibility index (Phi) is 5.98. The van der Waals surface area contributed by atoms with Crippen molar-refractivity contribution in [1.82, 2.24) is 34.9 Å². The molecule has 9 heteroatoms. The molecule has 1 amide bonds. The highest BCUT2D eigenvalue weighted by molar-refractivity contribution is 5.98. The second-order valence-electron chi connectivity index (χ2n) is 7.65. The van der Waals surface area contributed by atoms with Gasteiger partial charge in [0.1, 0.15) is 11.4 Å². The number of rotatable bonds is 7. The molecule has 1 atom stereocenters. The number of aromatic nitrogens is 6. The highest BCUT2D eigenvalue weighted by Gasteiger charge is 2.24. The van der Waals surface area contributed by atoms with Gasteiger partial charge < -0.3 is 10.0 Å². The number of likely N-dealkylation sites (N-methyl/N-ethyl adjacent to an activating group) is 1. The van der Waals surface area contributed by atoms with Crippen molar-refractivity contribution < 1.29 is 9.90 Å². The molecular weight excluding hydrogens is 406 g/mol. The van der Waals surface area contributed by atoms with Gasteiger partial charge in [-0.1, -0.05) is 16.8 Å². The summed E-state index contributed by atoms with van der Waals surface area (Å²) < 4.78 is 1.73. The lowest BCUT2D eigenvalue weighted by Crippen LogP contribution is -2.41. The minimum Gasteiger partial charge on any atom is -0.508 e. The molecule has 2 heterocycles. The molecule has 0 bridgehead atoms. The van der Waals surface area contributed by atoms with E-state index >= 15 is 0 Å². The van der Waals surface area contributed by atoms with Crippen molar-refractivity contribution in [3.63, 3.8) is 0 Å². The molecule has 0 saturated carbocycles. The Hall–Kier alpha value is -4.01. The number of carbonyl (C=O) groups excluding carboxylic acids is 1. The third kappa shape index (κ3) is 4.36. The average Bonchev–Trinajstić information content (AvgIpc) is 3.47. The van der Waals surface area contributed by atoms with Crippen molar-refractivity contribution in [2.24, 2.45) is 0 Å². The molecular formula is C23H25N7O2. The van der Waals surface area contributed by atoms with Crippen LogP contribution in [0.1, 0.15) is 29.8 Å². The summed E-state index contributed by atoms with van der Waals surface area (Å²) in [6.45, 7) is 6.94. The molecule has 0 saturated heterocycles. The van der Waals surface area contributed by atoms with Crippen LogP contribution in [-0.4, -0.2) is 58.5 Å². The molecule has 0 radical (unpaired) electrons. The van der Waals surface area contributed by atoms with Crippen LogP contribution in [0, 0.1) is 6.92 Å². The monoisotopic (exact) mass is 431 g/mol. The van der Waals surface area contributed by atoms with Crippen LogP contribution in [0.3, 0.4) is 0 Å². The molecule has 0 aliphatic carbocycles. The van der Waals surface area contributed by atoms with Crippen LogP contribution in [0.25, 0.3) is 16.9 Å². The predicted molar refractivity (Wildman–Crippen MR) is 119 cm³/mol. The van der Waals surface area contributed by atoms with Crippen molar-refractivity contribution in [3.05, 3.63) is 72.2 Å². The summed E-state index contributed by atoms with van der Waals surface area (Å²) in [4.78, 5) is 16.8. The van der Waals surface area contributed by atoms with Crippen LogP contribution in [0.4, 0.5) is 0 Å². The molecule has 0 spiro atoms. The number of aromatic hydroxyl groups is 1. The number of benzene rings is 2. The summed E-state index contributed by atoms with van der Waals surface area (Å²) in [5.41, 5.74) is 3.76. The van der Waals surface area contributed by atoms with Gasteiger partial charge in [0.25, 0.3) is 5.91 Å². The van der Waals surface area contributed by atoms with Gasteiger partial charge in [0.05, 0.1) is 36.4 Å². The Balaban J connectivity index is 1.55. The Morgan fingerprint density at radius 3 is 2.53 bits per heavy atom. The molecule has 4 aromatic rings. The van der Waals surface area contributed by atoms with Crippen molar-refractivity contribution in [1.29, 1.82) is 0 Å². The zero-order valence-electron chi connectivity index (χ0n) is 18.3. The van der Waals surface area contributed by atoms with Gasteiger partial charge in [-0.15, -0.1) is 5.10 Å². The minimum atomic E-state index is -0.124. The second kappa shape index (κ2) is 9.01. The van der Waals surface area contributed by atoms with Gasteiger partial charge in [0, 0.05) is 18.2 Å². The standard InChI is InChI=1S/C23H25N7O2/c1-4-29(23(32)20-13-16(2)5-10-22(20)30-24-11-12-25-30)17(3)14-28-15-21(26-27-28)18-6-8-19(31)9-7-18/h5-13,15,17,31H,4,14H2,1-3H3/t17-/m0/s1. The molecule has 1 N–H and O–H groups in total. The highest BCUT2D eigenvalue weighted by Crippen LogP contribution is 2.21. The first-order valence-corrected chi connectivity index (χ1v) is 10.4. The molecule has 0 aliphatic heterocycles. The van der Waals surface area contributed by atoms with E-state index in [-0.39, 0.29) is 17.7 Å². The number of phenols is 1. The van der Waals surface area contributed by atoms with Crippen LogP contribution in [0.5, 0.6) is 5.75 Å². The molecule has 2 aromatic heterocycles. The first-order valence-electron chi connectivity index (χ1n) is 10.4. The number of amides is 1.